The summed E-state index contributed by atoms with van der Waals surface area (Å²) < 4.78 is 24.4. The van der Waals surface area contributed by atoms with Crippen LogP contribution in [-0.4, -0.2) is 45.8 Å². The number of hydrogen-bond donors (Lipinski definition) is 1. The molecule has 1 N–H and O–H groups in total. The minimum atomic E-state index is -3.10. The summed E-state index contributed by atoms with van der Waals surface area (Å²) in [5, 5.41) is 3.67. The first-order valence-electron chi connectivity index (χ1n) is 7.53. The quantitative estimate of drug-likeness (QED) is 0.904. The number of benzene rings is 1. The van der Waals surface area contributed by atoms with Gasteiger partial charge >= 0.3 is 0 Å². The SMILES string of the molecule is CC(C)C(CN(C)C)NC1CCS(=O)(=O)c2ccccc21. The Morgan fingerprint density at radius 1 is 1.29 bits per heavy atom. The van der Waals surface area contributed by atoms with E-state index in [9.17, 15) is 8.42 Å². The average molecular weight is 310 g/mol. The summed E-state index contributed by atoms with van der Waals surface area (Å²) >= 11 is 0. The van der Waals surface area contributed by atoms with Gasteiger partial charge in [0.2, 0.25) is 0 Å². The molecule has 5 heteroatoms. The molecule has 0 fully saturated rings. The fourth-order valence-corrected chi connectivity index (χ4v) is 4.49. The molecule has 2 atom stereocenters. The topological polar surface area (TPSA) is 49.4 Å². The average Bonchev–Trinajstić information content (AvgIpc) is 2.40. The molecule has 21 heavy (non-hydrogen) atoms. The second-order valence-corrected chi connectivity index (χ2v) is 8.55. The lowest BCUT2D eigenvalue weighted by Gasteiger charge is -2.33. The van der Waals surface area contributed by atoms with E-state index in [2.05, 4.69) is 38.2 Å². The lowest BCUT2D eigenvalue weighted by molar-refractivity contribution is 0.265. The van der Waals surface area contributed by atoms with Crippen molar-refractivity contribution in [3.8, 4) is 0 Å². The fraction of sp³-hybridized carbons (Fsp3) is 0.625. The van der Waals surface area contributed by atoms with Crippen LogP contribution < -0.4 is 5.32 Å². The first-order chi connectivity index (χ1) is 9.81. The van der Waals surface area contributed by atoms with Gasteiger partial charge in [-0.3, -0.25) is 0 Å². The second kappa shape index (κ2) is 6.46. The van der Waals surface area contributed by atoms with Crippen molar-refractivity contribution in [1.82, 2.24) is 10.2 Å². The van der Waals surface area contributed by atoms with E-state index in [1.807, 2.05) is 12.1 Å². The third kappa shape index (κ3) is 3.84. The van der Waals surface area contributed by atoms with E-state index in [-0.39, 0.29) is 11.8 Å². The summed E-state index contributed by atoms with van der Waals surface area (Å²) in [5.74, 6) is 0.729. The van der Waals surface area contributed by atoms with Crippen LogP contribution in [0.3, 0.4) is 0 Å². The van der Waals surface area contributed by atoms with Crippen LogP contribution in [0.2, 0.25) is 0 Å². The molecule has 0 aliphatic carbocycles. The van der Waals surface area contributed by atoms with Gasteiger partial charge in [0.1, 0.15) is 0 Å². The summed E-state index contributed by atoms with van der Waals surface area (Å²) in [7, 11) is 1.03. The Morgan fingerprint density at radius 2 is 1.95 bits per heavy atom. The van der Waals surface area contributed by atoms with E-state index in [0.29, 0.717) is 23.3 Å². The zero-order valence-electron chi connectivity index (χ0n) is 13.3. The normalized spacial score (nSPS) is 22.3. The van der Waals surface area contributed by atoms with E-state index in [4.69, 9.17) is 0 Å². The number of nitrogens with one attached hydrogen (secondary N) is 1. The first kappa shape index (κ1) is 16.5. The molecule has 1 aromatic carbocycles. The Hall–Kier alpha value is -0.910. The maximum absolute atomic E-state index is 12.2. The Labute approximate surface area is 128 Å². The summed E-state index contributed by atoms with van der Waals surface area (Å²) in [6.07, 6.45) is 0.649. The van der Waals surface area contributed by atoms with Crippen LogP contribution in [0.25, 0.3) is 0 Å². The van der Waals surface area contributed by atoms with Gasteiger partial charge < -0.3 is 10.2 Å². The highest BCUT2D eigenvalue weighted by atomic mass is 32.2. The maximum Gasteiger partial charge on any atom is 0.178 e. The highest BCUT2D eigenvalue weighted by Crippen LogP contribution is 2.32. The third-order valence-corrected chi connectivity index (χ3v) is 5.90. The van der Waals surface area contributed by atoms with Crippen LogP contribution in [0.1, 0.15) is 31.9 Å². The monoisotopic (exact) mass is 310 g/mol. The van der Waals surface area contributed by atoms with Gasteiger partial charge in [-0.05, 0) is 38.1 Å². The zero-order valence-corrected chi connectivity index (χ0v) is 14.2. The van der Waals surface area contributed by atoms with Crippen molar-refractivity contribution in [2.75, 3.05) is 26.4 Å². The van der Waals surface area contributed by atoms with Crippen LogP contribution in [0, 0.1) is 5.92 Å². The molecule has 1 aliphatic rings. The predicted octanol–water partition coefficient (Wildman–Crippen LogP) is 2.08. The van der Waals surface area contributed by atoms with Crippen molar-refractivity contribution in [3.63, 3.8) is 0 Å². The van der Waals surface area contributed by atoms with Gasteiger partial charge in [-0.1, -0.05) is 32.0 Å². The standard InChI is InChI=1S/C16H26N2O2S/c1-12(2)15(11-18(3)4)17-14-9-10-21(19,20)16-8-6-5-7-13(14)16/h5-8,12,14-15,17H,9-11H2,1-4H3. The largest absolute Gasteiger partial charge is 0.308 e. The molecule has 2 rings (SSSR count). The highest BCUT2D eigenvalue weighted by molar-refractivity contribution is 7.91. The van der Waals surface area contributed by atoms with E-state index in [1.54, 1.807) is 12.1 Å². The molecule has 2 unspecified atom stereocenters. The van der Waals surface area contributed by atoms with Crippen LogP contribution in [0.15, 0.2) is 29.2 Å². The number of nitrogens with zero attached hydrogens (tertiary/aromatic N) is 1. The van der Waals surface area contributed by atoms with Gasteiger partial charge in [0.25, 0.3) is 0 Å². The number of likely N-dealkylation sites (N-methyl/N-ethyl adjacent to an activating group) is 1. The molecule has 1 heterocycles. The Balaban J connectivity index is 2.25. The van der Waals surface area contributed by atoms with Gasteiger partial charge in [0.05, 0.1) is 10.6 Å². The number of fused-ring (bicyclic) bond motifs is 1. The van der Waals surface area contributed by atoms with Crippen molar-refractivity contribution in [2.45, 2.75) is 37.2 Å². The van der Waals surface area contributed by atoms with Crippen LogP contribution in [0.4, 0.5) is 0 Å². The van der Waals surface area contributed by atoms with Crippen LogP contribution >= 0.6 is 0 Å². The van der Waals surface area contributed by atoms with Crippen molar-refractivity contribution in [2.24, 2.45) is 5.92 Å². The third-order valence-electron chi connectivity index (χ3n) is 4.09. The molecule has 0 aromatic heterocycles. The van der Waals surface area contributed by atoms with Gasteiger partial charge in [0, 0.05) is 18.6 Å². The maximum atomic E-state index is 12.2. The molecule has 0 amide bonds. The predicted molar refractivity (Wildman–Crippen MR) is 86.2 cm³/mol. The van der Waals surface area contributed by atoms with Gasteiger partial charge in [-0.2, -0.15) is 0 Å². The van der Waals surface area contributed by atoms with Crippen LogP contribution in [-0.2, 0) is 9.84 Å². The summed E-state index contributed by atoms with van der Waals surface area (Å²) in [6, 6.07) is 7.87. The van der Waals surface area contributed by atoms with E-state index < -0.39 is 9.84 Å². The van der Waals surface area contributed by atoms with E-state index in [1.165, 1.54) is 0 Å². The molecule has 118 valence electrons. The van der Waals surface area contributed by atoms with E-state index in [0.717, 1.165) is 12.1 Å². The Morgan fingerprint density at radius 3 is 2.57 bits per heavy atom. The molecule has 0 bridgehead atoms. The number of hydrogen-bond acceptors (Lipinski definition) is 4. The van der Waals surface area contributed by atoms with Crippen molar-refractivity contribution >= 4 is 9.84 Å². The second-order valence-electron chi connectivity index (χ2n) is 6.48. The van der Waals surface area contributed by atoms with Crippen molar-refractivity contribution in [3.05, 3.63) is 29.8 Å². The van der Waals surface area contributed by atoms with E-state index >= 15 is 0 Å². The smallest absolute Gasteiger partial charge is 0.178 e. The molecular weight excluding hydrogens is 284 g/mol. The molecule has 0 spiro atoms. The molecule has 1 aliphatic heterocycles. The molecule has 0 saturated heterocycles. The summed E-state index contributed by atoms with van der Waals surface area (Å²) in [5.41, 5.74) is 0.924. The van der Waals surface area contributed by atoms with Gasteiger partial charge in [-0.25, -0.2) is 8.42 Å². The van der Waals surface area contributed by atoms with Crippen molar-refractivity contribution in [1.29, 1.82) is 0 Å². The minimum absolute atomic E-state index is 0.122. The number of sulfone groups is 1. The Bertz CT molecular complexity index is 582. The van der Waals surface area contributed by atoms with Crippen molar-refractivity contribution < 1.29 is 8.42 Å². The highest BCUT2D eigenvalue weighted by Gasteiger charge is 2.31. The molecule has 0 saturated carbocycles. The Kier molecular flexibility index (Phi) is 5.07. The molecule has 0 radical (unpaired) electrons. The number of rotatable bonds is 5. The molecular formula is C16H26N2O2S. The summed E-state index contributed by atoms with van der Waals surface area (Å²) in [6.45, 7) is 5.35. The fourth-order valence-electron chi connectivity index (χ4n) is 2.87. The molecule has 4 nitrogen and oxygen atoms in total. The van der Waals surface area contributed by atoms with Gasteiger partial charge in [0.15, 0.2) is 9.84 Å². The first-order valence-corrected chi connectivity index (χ1v) is 9.19. The lowest BCUT2D eigenvalue weighted by Crippen LogP contribution is -2.45. The van der Waals surface area contributed by atoms with Gasteiger partial charge in [-0.15, -0.1) is 0 Å². The lowest BCUT2D eigenvalue weighted by atomic mass is 9.98. The minimum Gasteiger partial charge on any atom is -0.308 e. The summed E-state index contributed by atoms with van der Waals surface area (Å²) in [4.78, 5) is 2.67. The van der Waals surface area contributed by atoms with Crippen LogP contribution in [0.5, 0.6) is 0 Å². The molecule has 1 aromatic rings. The zero-order chi connectivity index (χ0) is 15.6.